The van der Waals surface area contributed by atoms with Crippen molar-refractivity contribution in [2.24, 2.45) is 0 Å². The van der Waals surface area contributed by atoms with Gasteiger partial charge < -0.3 is 16.1 Å². The van der Waals surface area contributed by atoms with Crippen LogP contribution >= 0.6 is 0 Å². The maximum atomic E-state index is 3.44. The lowest BCUT2D eigenvalue weighted by atomic mass is 9.96. The zero-order chi connectivity index (χ0) is 16.8. The van der Waals surface area contributed by atoms with Gasteiger partial charge in [-0.3, -0.25) is 0 Å². The summed E-state index contributed by atoms with van der Waals surface area (Å²) in [4.78, 5) is 0. The minimum absolute atomic E-state index is 0. The van der Waals surface area contributed by atoms with Crippen LogP contribution in [-0.2, 0) is 12.8 Å². The second-order valence-corrected chi connectivity index (χ2v) is 7.11. The molecule has 0 fully saturated rings. The molecular formula is C22H32N2O. The van der Waals surface area contributed by atoms with Gasteiger partial charge in [0.05, 0.1) is 0 Å². The molecule has 2 aliphatic rings. The lowest BCUT2D eigenvalue weighted by Crippen LogP contribution is -2.18. The first-order valence-electron chi connectivity index (χ1n) is 9.32. The Kier molecular flexibility index (Phi) is 7.63. The fourth-order valence-corrected chi connectivity index (χ4v) is 3.79. The molecule has 0 saturated heterocycles. The third-order valence-electron chi connectivity index (χ3n) is 5.22. The molecule has 2 heterocycles. The molecular weight excluding hydrogens is 308 g/mol. The molecule has 0 amide bonds. The molecule has 2 aliphatic heterocycles. The molecule has 3 nitrogen and oxygen atoms in total. The molecule has 0 saturated carbocycles. The highest BCUT2D eigenvalue weighted by Crippen LogP contribution is 2.22. The summed E-state index contributed by atoms with van der Waals surface area (Å²) in [6.45, 7) is 9.07. The number of nitrogens with one attached hydrogen (secondary N) is 2. The molecule has 4 rings (SSSR count). The SMILES string of the molecule is CC1CNCCc2ccccc21.CC1CNCCc2ccccc21.O. The van der Waals surface area contributed by atoms with Gasteiger partial charge in [-0.2, -0.15) is 0 Å². The molecule has 2 aromatic rings. The predicted octanol–water partition coefficient (Wildman–Crippen LogP) is 3.05. The van der Waals surface area contributed by atoms with E-state index in [2.05, 4.69) is 73.0 Å². The molecule has 2 aromatic carbocycles. The van der Waals surface area contributed by atoms with Gasteiger partial charge in [0.15, 0.2) is 0 Å². The summed E-state index contributed by atoms with van der Waals surface area (Å²) in [7, 11) is 0. The molecule has 136 valence electrons. The molecule has 25 heavy (non-hydrogen) atoms. The van der Waals surface area contributed by atoms with Crippen LogP contribution in [0.4, 0.5) is 0 Å². The van der Waals surface area contributed by atoms with E-state index in [1.807, 2.05) is 0 Å². The topological polar surface area (TPSA) is 55.6 Å². The molecule has 0 bridgehead atoms. The number of benzene rings is 2. The van der Waals surface area contributed by atoms with Gasteiger partial charge in [-0.25, -0.2) is 0 Å². The lowest BCUT2D eigenvalue weighted by molar-refractivity contribution is 0.644. The summed E-state index contributed by atoms with van der Waals surface area (Å²) in [5.74, 6) is 1.34. The fourth-order valence-electron chi connectivity index (χ4n) is 3.79. The molecule has 4 N–H and O–H groups in total. The van der Waals surface area contributed by atoms with Crippen LogP contribution in [0.5, 0.6) is 0 Å². The third kappa shape index (κ3) is 5.15. The largest absolute Gasteiger partial charge is 0.412 e. The molecule has 0 spiro atoms. The van der Waals surface area contributed by atoms with Crippen molar-refractivity contribution in [3.05, 3.63) is 70.8 Å². The van der Waals surface area contributed by atoms with Gasteiger partial charge in [-0.15, -0.1) is 0 Å². The van der Waals surface area contributed by atoms with E-state index in [0.717, 1.165) is 26.2 Å². The van der Waals surface area contributed by atoms with Crippen molar-refractivity contribution in [2.45, 2.75) is 38.5 Å². The van der Waals surface area contributed by atoms with Crippen molar-refractivity contribution in [2.75, 3.05) is 26.2 Å². The Bertz CT molecular complexity index is 598. The Balaban J connectivity index is 0.000000173. The van der Waals surface area contributed by atoms with Gasteiger partial charge in [-0.05, 0) is 60.0 Å². The summed E-state index contributed by atoms with van der Waals surface area (Å²) in [5, 5.41) is 6.89. The van der Waals surface area contributed by atoms with Crippen molar-refractivity contribution in [1.29, 1.82) is 0 Å². The van der Waals surface area contributed by atoms with Crippen molar-refractivity contribution in [3.8, 4) is 0 Å². The van der Waals surface area contributed by atoms with Crippen molar-refractivity contribution >= 4 is 0 Å². The van der Waals surface area contributed by atoms with Crippen LogP contribution in [0.3, 0.4) is 0 Å². The van der Waals surface area contributed by atoms with Crippen LogP contribution in [0.2, 0.25) is 0 Å². The Morgan fingerprint density at radius 3 is 1.52 bits per heavy atom. The molecule has 0 aliphatic carbocycles. The van der Waals surface area contributed by atoms with Crippen molar-refractivity contribution < 1.29 is 5.48 Å². The normalized spacial score (nSPS) is 22.0. The first-order chi connectivity index (χ1) is 11.8. The average Bonchev–Trinajstić information content (AvgIpc) is 2.93. The minimum Gasteiger partial charge on any atom is -0.412 e. The van der Waals surface area contributed by atoms with Gasteiger partial charge in [0.2, 0.25) is 0 Å². The first-order valence-corrected chi connectivity index (χ1v) is 9.32. The molecule has 0 radical (unpaired) electrons. The molecule has 0 aromatic heterocycles. The van der Waals surface area contributed by atoms with Crippen molar-refractivity contribution in [1.82, 2.24) is 10.6 Å². The number of rotatable bonds is 0. The third-order valence-corrected chi connectivity index (χ3v) is 5.22. The van der Waals surface area contributed by atoms with Crippen LogP contribution in [0.15, 0.2) is 48.5 Å². The summed E-state index contributed by atoms with van der Waals surface area (Å²) in [6.07, 6.45) is 2.36. The molecule has 2 atom stereocenters. The van der Waals surface area contributed by atoms with E-state index in [0.29, 0.717) is 11.8 Å². The second kappa shape index (κ2) is 9.71. The summed E-state index contributed by atoms with van der Waals surface area (Å²) in [6, 6.07) is 17.6. The van der Waals surface area contributed by atoms with Gasteiger partial charge >= 0.3 is 0 Å². The highest BCUT2D eigenvalue weighted by atomic mass is 16.0. The van der Waals surface area contributed by atoms with Crippen LogP contribution in [0.25, 0.3) is 0 Å². The van der Waals surface area contributed by atoms with E-state index < -0.39 is 0 Å². The first kappa shape index (κ1) is 19.6. The fraction of sp³-hybridized carbons (Fsp3) is 0.455. The number of hydrogen-bond acceptors (Lipinski definition) is 2. The number of hydrogen-bond donors (Lipinski definition) is 2. The second-order valence-electron chi connectivity index (χ2n) is 7.11. The Morgan fingerprint density at radius 1 is 0.680 bits per heavy atom. The lowest BCUT2D eigenvalue weighted by Gasteiger charge is -2.10. The Labute approximate surface area is 152 Å². The minimum atomic E-state index is 0. The maximum absolute atomic E-state index is 3.44. The van der Waals surface area contributed by atoms with Crippen LogP contribution in [0, 0.1) is 0 Å². The zero-order valence-corrected chi connectivity index (χ0v) is 15.5. The Morgan fingerprint density at radius 2 is 1.08 bits per heavy atom. The summed E-state index contributed by atoms with van der Waals surface area (Å²) >= 11 is 0. The standard InChI is InChI=1S/2C11H15N.H2O/c2*1-9-8-12-7-6-10-4-2-3-5-11(9)10;/h2*2-5,9,12H,6-8H2,1H3;1H2. The smallest absolute Gasteiger partial charge is 0.00177 e. The summed E-state index contributed by atoms with van der Waals surface area (Å²) in [5.41, 5.74) is 6.11. The van der Waals surface area contributed by atoms with E-state index in [1.54, 1.807) is 0 Å². The van der Waals surface area contributed by atoms with E-state index in [-0.39, 0.29) is 5.48 Å². The van der Waals surface area contributed by atoms with Crippen molar-refractivity contribution in [3.63, 3.8) is 0 Å². The highest BCUT2D eigenvalue weighted by Gasteiger charge is 2.13. The van der Waals surface area contributed by atoms with Crippen LogP contribution in [-0.4, -0.2) is 31.7 Å². The average molecular weight is 341 g/mol. The maximum Gasteiger partial charge on any atom is 0.00177 e. The molecule has 3 heteroatoms. The van der Waals surface area contributed by atoms with Gasteiger partial charge in [0, 0.05) is 13.1 Å². The van der Waals surface area contributed by atoms with E-state index in [9.17, 15) is 0 Å². The highest BCUT2D eigenvalue weighted by molar-refractivity contribution is 5.32. The van der Waals surface area contributed by atoms with E-state index in [4.69, 9.17) is 0 Å². The quantitative estimate of drug-likeness (QED) is 0.774. The molecule has 2 unspecified atom stereocenters. The van der Waals surface area contributed by atoms with E-state index >= 15 is 0 Å². The van der Waals surface area contributed by atoms with Crippen LogP contribution < -0.4 is 10.6 Å². The predicted molar refractivity (Wildman–Crippen MR) is 106 cm³/mol. The van der Waals surface area contributed by atoms with Crippen LogP contribution in [0.1, 0.15) is 47.9 Å². The van der Waals surface area contributed by atoms with E-state index in [1.165, 1.54) is 35.1 Å². The number of fused-ring (bicyclic) bond motifs is 2. The van der Waals surface area contributed by atoms with Gasteiger partial charge in [0.1, 0.15) is 0 Å². The zero-order valence-electron chi connectivity index (χ0n) is 15.5. The van der Waals surface area contributed by atoms with Gasteiger partial charge in [-0.1, -0.05) is 62.4 Å². The van der Waals surface area contributed by atoms with Gasteiger partial charge in [0.25, 0.3) is 0 Å². The Hall–Kier alpha value is -1.68. The monoisotopic (exact) mass is 340 g/mol. The summed E-state index contributed by atoms with van der Waals surface area (Å²) < 4.78 is 0.